The molecule has 1 N–H and O–H groups in total. The number of carbonyl (C=O) groups excluding carboxylic acids is 1. The average Bonchev–Trinajstić information content (AvgIpc) is 3.41. The second kappa shape index (κ2) is 9.79. The van der Waals surface area contributed by atoms with Crippen molar-refractivity contribution >= 4 is 38.8 Å². The predicted molar refractivity (Wildman–Crippen MR) is 139 cm³/mol. The number of phenolic OH excluding ortho intramolecular Hbond substituents is 1. The normalized spacial score (nSPS) is 16.2. The van der Waals surface area contributed by atoms with E-state index in [-0.39, 0.29) is 11.5 Å². The third kappa shape index (κ3) is 4.83. The van der Waals surface area contributed by atoms with E-state index in [0.717, 1.165) is 29.0 Å². The summed E-state index contributed by atoms with van der Waals surface area (Å²) in [6.07, 6.45) is 2.29. The summed E-state index contributed by atoms with van der Waals surface area (Å²) in [6, 6.07) is 20.1. The van der Waals surface area contributed by atoms with Gasteiger partial charge in [0.1, 0.15) is 16.4 Å². The number of carbonyl (C=O) groups is 1. The fraction of sp³-hybridized carbons (Fsp3) is 0.250. The van der Waals surface area contributed by atoms with E-state index in [1.54, 1.807) is 42.5 Å². The summed E-state index contributed by atoms with van der Waals surface area (Å²) in [4.78, 5) is 16.4. The number of hydrogen-bond acceptors (Lipinski definition) is 5. The van der Waals surface area contributed by atoms with Gasteiger partial charge in [-0.3, -0.25) is 4.79 Å². The van der Waals surface area contributed by atoms with E-state index in [0.29, 0.717) is 27.0 Å². The first-order valence-corrected chi connectivity index (χ1v) is 12.7. The molecule has 4 nitrogen and oxygen atoms in total. The molecule has 1 fully saturated rings. The summed E-state index contributed by atoms with van der Waals surface area (Å²) in [5.41, 5.74) is 1.69. The van der Waals surface area contributed by atoms with Gasteiger partial charge in [-0.25, -0.2) is 0 Å². The van der Waals surface area contributed by atoms with E-state index >= 15 is 0 Å². The first-order valence-electron chi connectivity index (χ1n) is 11.5. The summed E-state index contributed by atoms with van der Waals surface area (Å²) >= 11 is 7.60. The van der Waals surface area contributed by atoms with Gasteiger partial charge in [0, 0.05) is 28.7 Å². The molecular weight excluding hydrogens is 466 g/mol. The summed E-state index contributed by atoms with van der Waals surface area (Å²) in [6.45, 7) is 5.75. The van der Waals surface area contributed by atoms with E-state index in [2.05, 4.69) is 24.0 Å². The largest absolute Gasteiger partial charge is 0.508 e. The van der Waals surface area contributed by atoms with Gasteiger partial charge in [0.25, 0.3) is 0 Å². The van der Waals surface area contributed by atoms with Crippen LogP contribution in [0.1, 0.15) is 34.1 Å². The number of halogens is 1. The third-order valence-corrected chi connectivity index (χ3v) is 7.78. The van der Waals surface area contributed by atoms with Gasteiger partial charge in [0.05, 0.1) is 5.02 Å². The number of ketones is 1. The van der Waals surface area contributed by atoms with Crippen LogP contribution in [-0.2, 0) is 6.42 Å². The lowest BCUT2D eigenvalue weighted by atomic mass is 10.1. The van der Waals surface area contributed by atoms with Crippen LogP contribution >= 0.6 is 22.9 Å². The van der Waals surface area contributed by atoms with E-state index in [1.165, 1.54) is 36.4 Å². The first-order chi connectivity index (χ1) is 16.5. The SMILES string of the molecule is C[C@H]1CCN(CCc2ccc(Oc3c(C(=O)c4ccccc4Cl)sc4cc(O)ccc34)cc2)C1. The number of ether oxygens (including phenoxy) is 1. The number of fused-ring (bicyclic) bond motifs is 1. The molecule has 1 aliphatic rings. The highest BCUT2D eigenvalue weighted by Crippen LogP contribution is 2.43. The highest BCUT2D eigenvalue weighted by Gasteiger charge is 2.24. The zero-order valence-corrected chi connectivity index (χ0v) is 20.5. The van der Waals surface area contributed by atoms with Crippen LogP contribution in [0.5, 0.6) is 17.2 Å². The van der Waals surface area contributed by atoms with Crippen molar-refractivity contribution in [3.05, 3.63) is 87.8 Å². The smallest absolute Gasteiger partial charge is 0.208 e. The molecule has 1 saturated heterocycles. The van der Waals surface area contributed by atoms with Crippen LogP contribution in [-0.4, -0.2) is 35.4 Å². The van der Waals surface area contributed by atoms with Crippen molar-refractivity contribution in [2.24, 2.45) is 5.92 Å². The van der Waals surface area contributed by atoms with Crippen molar-refractivity contribution in [3.63, 3.8) is 0 Å². The molecule has 6 heteroatoms. The fourth-order valence-corrected chi connectivity index (χ4v) is 5.78. The third-order valence-electron chi connectivity index (χ3n) is 6.32. The minimum atomic E-state index is -0.197. The second-order valence-electron chi connectivity index (χ2n) is 8.94. The topological polar surface area (TPSA) is 49.8 Å². The number of thiophene rings is 1. The first kappa shape index (κ1) is 22.9. The van der Waals surface area contributed by atoms with Crippen LogP contribution in [0.15, 0.2) is 66.7 Å². The summed E-state index contributed by atoms with van der Waals surface area (Å²) in [5, 5.41) is 11.1. The molecule has 0 aliphatic carbocycles. The van der Waals surface area contributed by atoms with Crippen LogP contribution in [0.4, 0.5) is 0 Å². The second-order valence-corrected chi connectivity index (χ2v) is 10.4. The highest BCUT2D eigenvalue weighted by molar-refractivity contribution is 7.21. The Hall–Kier alpha value is -2.86. The maximum absolute atomic E-state index is 13.4. The van der Waals surface area contributed by atoms with Crippen molar-refractivity contribution in [2.75, 3.05) is 19.6 Å². The minimum absolute atomic E-state index is 0.147. The Morgan fingerprint density at radius 1 is 1.15 bits per heavy atom. The van der Waals surface area contributed by atoms with Gasteiger partial charge in [-0.2, -0.15) is 0 Å². The van der Waals surface area contributed by atoms with Gasteiger partial charge in [0.2, 0.25) is 5.78 Å². The molecule has 0 unspecified atom stereocenters. The Morgan fingerprint density at radius 3 is 2.68 bits per heavy atom. The highest BCUT2D eigenvalue weighted by atomic mass is 35.5. The standard InChI is InChI=1S/C28H26ClNO3S/c1-18-12-14-30(17-18)15-13-19-6-9-21(10-7-19)33-27-23-11-8-20(31)16-25(23)34-28(27)26(32)22-4-2-3-5-24(22)29/h2-11,16,18,31H,12-15,17H2,1H3/t18-/m0/s1. The summed E-state index contributed by atoms with van der Waals surface area (Å²) in [5.74, 6) is 1.90. The van der Waals surface area contributed by atoms with E-state index in [1.807, 2.05) is 12.1 Å². The molecule has 0 saturated carbocycles. The summed E-state index contributed by atoms with van der Waals surface area (Å²) < 4.78 is 7.07. The Balaban J connectivity index is 1.41. The average molecular weight is 492 g/mol. The molecule has 1 aliphatic heterocycles. The summed E-state index contributed by atoms with van der Waals surface area (Å²) in [7, 11) is 0. The Morgan fingerprint density at radius 2 is 1.94 bits per heavy atom. The Kier molecular flexibility index (Phi) is 6.59. The molecule has 0 bridgehead atoms. The van der Waals surface area contributed by atoms with Crippen LogP contribution < -0.4 is 4.74 Å². The molecular formula is C28H26ClNO3S. The van der Waals surface area contributed by atoms with Gasteiger partial charge >= 0.3 is 0 Å². The maximum Gasteiger partial charge on any atom is 0.208 e. The molecule has 34 heavy (non-hydrogen) atoms. The molecule has 4 aromatic rings. The van der Waals surface area contributed by atoms with Crippen LogP contribution in [0.2, 0.25) is 5.02 Å². The van der Waals surface area contributed by atoms with Gasteiger partial charge in [-0.05, 0) is 73.3 Å². The lowest BCUT2D eigenvalue weighted by Crippen LogP contribution is -2.22. The maximum atomic E-state index is 13.4. The number of likely N-dealkylation sites (tertiary alicyclic amines) is 1. The number of hydrogen-bond donors (Lipinski definition) is 1. The van der Waals surface area contributed by atoms with Crippen LogP contribution in [0.25, 0.3) is 10.1 Å². The number of nitrogens with zero attached hydrogens (tertiary/aromatic N) is 1. The zero-order valence-electron chi connectivity index (χ0n) is 19.0. The van der Waals surface area contributed by atoms with Crippen molar-refractivity contribution in [2.45, 2.75) is 19.8 Å². The Bertz CT molecular complexity index is 1330. The quantitative estimate of drug-likeness (QED) is 0.278. The molecule has 0 radical (unpaired) electrons. The van der Waals surface area contributed by atoms with Crippen molar-refractivity contribution < 1.29 is 14.6 Å². The van der Waals surface area contributed by atoms with Gasteiger partial charge in [-0.15, -0.1) is 11.3 Å². The van der Waals surface area contributed by atoms with Gasteiger partial charge < -0.3 is 14.7 Å². The molecule has 5 rings (SSSR count). The molecule has 2 heterocycles. The van der Waals surface area contributed by atoms with Crippen molar-refractivity contribution in [1.82, 2.24) is 4.90 Å². The van der Waals surface area contributed by atoms with E-state index in [4.69, 9.17) is 16.3 Å². The molecule has 174 valence electrons. The van der Waals surface area contributed by atoms with Crippen LogP contribution in [0.3, 0.4) is 0 Å². The predicted octanol–water partition coefficient (Wildman–Crippen LogP) is 7.17. The van der Waals surface area contributed by atoms with Gasteiger partial charge in [-0.1, -0.05) is 42.8 Å². The fourth-order valence-electron chi connectivity index (χ4n) is 4.44. The van der Waals surface area contributed by atoms with E-state index < -0.39 is 0 Å². The van der Waals surface area contributed by atoms with Crippen LogP contribution in [0, 0.1) is 5.92 Å². The number of rotatable bonds is 7. The molecule has 1 atom stereocenters. The molecule has 1 aromatic heterocycles. The molecule has 0 amide bonds. The minimum Gasteiger partial charge on any atom is -0.508 e. The monoisotopic (exact) mass is 491 g/mol. The van der Waals surface area contributed by atoms with Crippen molar-refractivity contribution in [3.8, 4) is 17.2 Å². The van der Waals surface area contributed by atoms with E-state index in [9.17, 15) is 9.90 Å². The Labute approximate surface area is 208 Å². The number of phenols is 1. The lowest BCUT2D eigenvalue weighted by molar-refractivity contribution is 0.104. The number of benzene rings is 3. The molecule has 0 spiro atoms. The van der Waals surface area contributed by atoms with Crippen molar-refractivity contribution in [1.29, 1.82) is 0 Å². The zero-order chi connectivity index (χ0) is 23.7. The lowest BCUT2D eigenvalue weighted by Gasteiger charge is -2.15. The molecule has 3 aromatic carbocycles. The van der Waals surface area contributed by atoms with Gasteiger partial charge in [0.15, 0.2) is 5.75 Å². The number of aromatic hydroxyl groups is 1.